The molecule has 2 aromatic heterocycles. The zero-order valence-corrected chi connectivity index (χ0v) is 18.5. The normalized spacial score (nSPS) is 19.7. The van der Waals surface area contributed by atoms with Gasteiger partial charge in [0.25, 0.3) is 0 Å². The van der Waals surface area contributed by atoms with Crippen LogP contribution in [0.15, 0.2) is 42.6 Å². The first-order valence-electron chi connectivity index (χ1n) is 11.4. The summed E-state index contributed by atoms with van der Waals surface area (Å²) in [7, 11) is 0. The van der Waals surface area contributed by atoms with Crippen molar-refractivity contribution in [3.05, 3.63) is 53.9 Å². The van der Waals surface area contributed by atoms with Gasteiger partial charge >= 0.3 is 0 Å². The lowest BCUT2D eigenvalue weighted by molar-refractivity contribution is -0.134. The third-order valence-corrected chi connectivity index (χ3v) is 6.81. The van der Waals surface area contributed by atoms with Crippen LogP contribution in [0.5, 0.6) is 0 Å². The lowest BCUT2D eigenvalue weighted by Crippen LogP contribution is -2.55. The van der Waals surface area contributed by atoms with Crippen LogP contribution in [0.3, 0.4) is 0 Å². The topological polar surface area (TPSA) is 52.9 Å². The van der Waals surface area contributed by atoms with Crippen molar-refractivity contribution < 1.29 is 4.79 Å². The zero-order valence-electron chi connectivity index (χ0n) is 18.5. The molecule has 0 aliphatic carbocycles. The highest BCUT2D eigenvalue weighted by molar-refractivity contribution is 5.82. The fourth-order valence-corrected chi connectivity index (χ4v) is 4.90. The van der Waals surface area contributed by atoms with Gasteiger partial charge < -0.3 is 19.5 Å². The Kier molecular flexibility index (Phi) is 5.40. The van der Waals surface area contributed by atoms with E-state index in [0.717, 1.165) is 62.6 Å². The number of carbonyl (C=O) groups is 1. The molecule has 2 aliphatic rings. The molecule has 1 aromatic carbocycles. The molecule has 4 heterocycles. The van der Waals surface area contributed by atoms with E-state index in [1.165, 1.54) is 23.2 Å². The number of piperazine rings is 1. The fourth-order valence-electron chi connectivity index (χ4n) is 4.90. The molecule has 2 aliphatic heterocycles. The second-order valence-corrected chi connectivity index (χ2v) is 8.79. The number of nitrogens with zero attached hydrogens (tertiary/aromatic N) is 4. The molecular weight excluding hydrogens is 386 g/mol. The minimum absolute atomic E-state index is 0.0179. The number of carbonyl (C=O) groups excluding carboxylic acids is 1. The van der Waals surface area contributed by atoms with Gasteiger partial charge in [-0.05, 0) is 63.1 Å². The molecule has 31 heavy (non-hydrogen) atoms. The Balaban J connectivity index is 1.34. The summed E-state index contributed by atoms with van der Waals surface area (Å²) in [4.78, 5) is 22.2. The van der Waals surface area contributed by atoms with Gasteiger partial charge in [0.15, 0.2) is 0 Å². The van der Waals surface area contributed by atoms with Gasteiger partial charge in [0, 0.05) is 49.3 Å². The highest BCUT2D eigenvalue weighted by Crippen LogP contribution is 2.31. The predicted octanol–water partition coefficient (Wildman–Crippen LogP) is 3.41. The van der Waals surface area contributed by atoms with Crippen LogP contribution >= 0.6 is 0 Å². The first-order valence-corrected chi connectivity index (χ1v) is 11.4. The number of aryl methyl sites for hydroxylation is 2. The van der Waals surface area contributed by atoms with Crippen LogP contribution in [-0.4, -0.2) is 59.0 Å². The van der Waals surface area contributed by atoms with Crippen molar-refractivity contribution in [2.45, 2.75) is 39.2 Å². The highest BCUT2D eigenvalue weighted by Gasteiger charge is 2.28. The zero-order chi connectivity index (χ0) is 21.4. The standard InChI is InChI=1S/C25H31N5O/c1-18-9-10-20(17-21(18)24-19(2)30-12-6-4-8-23(30)27-24)28-13-15-29(16-14-28)25(31)22-7-3-5-11-26-22/h4,6,8-10,12,17,22,26H,3,5,7,11,13-16H2,1-2H3. The minimum atomic E-state index is 0.0179. The predicted molar refractivity (Wildman–Crippen MR) is 125 cm³/mol. The average molecular weight is 418 g/mol. The number of benzene rings is 1. The molecule has 0 saturated carbocycles. The van der Waals surface area contributed by atoms with E-state index in [4.69, 9.17) is 4.98 Å². The largest absolute Gasteiger partial charge is 0.368 e. The molecule has 0 radical (unpaired) electrons. The minimum Gasteiger partial charge on any atom is -0.368 e. The number of hydrogen-bond acceptors (Lipinski definition) is 4. The number of rotatable bonds is 3. The quantitative estimate of drug-likeness (QED) is 0.710. The van der Waals surface area contributed by atoms with Crippen LogP contribution in [-0.2, 0) is 4.79 Å². The molecule has 1 N–H and O–H groups in total. The van der Waals surface area contributed by atoms with Crippen molar-refractivity contribution in [2.24, 2.45) is 0 Å². The molecule has 0 bridgehead atoms. The van der Waals surface area contributed by atoms with Crippen LogP contribution in [0.4, 0.5) is 5.69 Å². The maximum absolute atomic E-state index is 12.8. The molecule has 162 valence electrons. The van der Waals surface area contributed by atoms with Crippen LogP contribution in [0, 0.1) is 13.8 Å². The number of aromatic nitrogens is 2. The molecule has 1 amide bonds. The van der Waals surface area contributed by atoms with Gasteiger partial charge in [-0.25, -0.2) is 4.98 Å². The number of amides is 1. The van der Waals surface area contributed by atoms with E-state index in [-0.39, 0.29) is 11.9 Å². The number of nitrogens with one attached hydrogen (secondary N) is 1. The highest BCUT2D eigenvalue weighted by atomic mass is 16.2. The van der Waals surface area contributed by atoms with Gasteiger partial charge in [0.05, 0.1) is 11.7 Å². The second kappa shape index (κ2) is 8.35. The van der Waals surface area contributed by atoms with Gasteiger partial charge in [0.1, 0.15) is 5.65 Å². The first-order chi connectivity index (χ1) is 15.1. The molecule has 6 nitrogen and oxygen atoms in total. The van der Waals surface area contributed by atoms with Crippen LogP contribution in [0.1, 0.15) is 30.5 Å². The smallest absolute Gasteiger partial charge is 0.239 e. The third kappa shape index (κ3) is 3.81. The van der Waals surface area contributed by atoms with Crippen LogP contribution in [0.2, 0.25) is 0 Å². The lowest BCUT2D eigenvalue weighted by Gasteiger charge is -2.38. The Hall–Kier alpha value is -2.86. The van der Waals surface area contributed by atoms with E-state index in [1.54, 1.807) is 0 Å². The third-order valence-electron chi connectivity index (χ3n) is 6.81. The molecule has 2 saturated heterocycles. The Morgan fingerprint density at radius 3 is 2.65 bits per heavy atom. The molecule has 2 fully saturated rings. The van der Waals surface area contributed by atoms with E-state index >= 15 is 0 Å². The summed E-state index contributed by atoms with van der Waals surface area (Å²) in [5.74, 6) is 0.282. The van der Waals surface area contributed by atoms with Gasteiger partial charge in [-0.2, -0.15) is 0 Å². The number of hydrogen-bond donors (Lipinski definition) is 1. The van der Waals surface area contributed by atoms with E-state index in [9.17, 15) is 4.79 Å². The van der Waals surface area contributed by atoms with Gasteiger partial charge in [0.2, 0.25) is 5.91 Å². The second-order valence-electron chi connectivity index (χ2n) is 8.79. The lowest BCUT2D eigenvalue weighted by atomic mass is 10.0. The van der Waals surface area contributed by atoms with Crippen molar-refractivity contribution in [2.75, 3.05) is 37.6 Å². The number of anilines is 1. The maximum Gasteiger partial charge on any atom is 0.239 e. The van der Waals surface area contributed by atoms with E-state index in [0.29, 0.717) is 0 Å². The SMILES string of the molecule is Cc1ccc(N2CCN(C(=O)C3CCCCN3)CC2)cc1-c1nc2ccccn2c1C. The van der Waals surface area contributed by atoms with E-state index in [1.807, 2.05) is 23.1 Å². The number of piperidine rings is 1. The summed E-state index contributed by atoms with van der Waals surface area (Å²) in [6.07, 6.45) is 5.37. The van der Waals surface area contributed by atoms with Crippen LogP contribution < -0.4 is 10.2 Å². The summed E-state index contributed by atoms with van der Waals surface area (Å²) in [5.41, 5.74) is 6.80. The maximum atomic E-state index is 12.8. The summed E-state index contributed by atoms with van der Waals surface area (Å²) in [6.45, 7) is 8.55. The van der Waals surface area contributed by atoms with Crippen molar-refractivity contribution >= 4 is 17.2 Å². The summed E-state index contributed by atoms with van der Waals surface area (Å²) in [5, 5.41) is 3.39. The first kappa shape index (κ1) is 20.1. The Labute approximate surface area is 183 Å². The molecular formula is C25H31N5O. The van der Waals surface area contributed by atoms with Crippen molar-refractivity contribution in [1.29, 1.82) is 0 Å². The molecule has 5 rings (SSSR count). The Bertz CT molecular complexity index is 1090. The number of imidazole rings is 1. The number of pyridine rings is 1. The molecule has 6 heteroatoms. The molecule has 0 spiro atoms. The van der Waals surface area contributed by atoms with Crippen molar-refractivity contribution in [3.63, 3.8) is 0 Å². The van der Waals surface area contributed by atoms with Crippen molar-refractivity contribution in [3.8, 4) is 11.3 Å². The van der Waals surface area contributed by atoms with Gasteiger partial charge in [-0.15, -0.1) is 0 Å². The summed E-state index contributed by atoms with van der Waals surface area (Å²) in [6, 6.07) is 12.8. The molecule has 1 atom stereocenters. The average Bonchev–Trinajstić information content (AvgIpc) is 3.16. The molecule has 3 aromatic rings. The summed E-state index contributed by atoms with van der Waals surface area (Å²) >= 11 is 0. The van der Waals surface area contributed by atoms with Crippen LogP contribution in [0.25, 0.3) is 16.9 Å². The van der Waals surface area contributed by atoms with Gasteiger partial charge in [-0.3, -0.25) is 4.79 Å². The van der Waals surface area contributed by atoms with E-state index < -0.39 is 0 Å². The van der Waals surface area contributed by atoms with E-state index in [2.05, 4.69) is 52.9 Å². The molecule has 1 unspecified atom stereocenters. The monoisotopic (exact) mass is 417 g/mol. The number of fused-ring (bicyclic) bond motifs is 1. The fraction of sp³-hybridized carbons (Fsp3) is 0.440. The Morgan fingerprint density at radius 2 is 1.90 bits per heavy atom. The van der Waals surface area contributed by atoms with Gasteiger partial charge in [-0.1, -0.05) is 18.6 Å². The summed E-state index contributed by atoms with van der Waals surface area (Å²) < 4.78 is 2.14. The van der Waals surface area contributed by atoms with Crippen molar-refractivity contribution in [1.82, 2.24) is 19.6 Å². The Morgan fingerprint density at radius 1 is 1.06 bits per heavy atom.